The highest BCUT2D eigenvalue weighted by Gasteiger charge is 2.24. The van der Waals surface area contributed by atoms with Crippen molar-refractivity contribution in [3.05, 3.63) is 35.4 Å². The van der Waals surface area contributed by atoms with Crippen LogP contribution in [0.5, 0.6) is 0 Å². The van der Waals surface area contributed by atoms with Gasteiger partial charge in [0.2, 0.25) is 0 Å². The van der Waals surface area contributed by atoms with Crippen LogP contribution in [0.15, 0.2) is 24.3 Å². The van der Waals surface area contributed by atoms with Crippen LogP contribution in [0.1, 0.15) is 48.0 Å². The molecule has 1 aromatic carbocycles. The summed E-state index contributed by atoms with van der Waals surface area (Å²) in [5.41, 5.74) is 1.61. The number of rotatable bonds is 8. The first-order valence-corrected chi connectivity index (χ1v) is 8.98. The van der Waals surface area contributed by atoms with Crippen molar-refractivity contribution in [2.24, 2.45) is 5.92 Å². The van der Waals surface area contributed by atoms with E-state index in [0.717, 1.165) is 31.3 Å². The minimum Gasteiger partial charge on any atom is -0.478 e. The third-order valence-corrected chi connectivity index (χ3v) is 5.12. The summed E-state index contributed by atoms with van der Waals surface area (Å²) >= 11 is 0. The maximum atomic E-state index is 10.8. The normalized spacial score (nSPS) is 19.8. The largest absolute Gasteiger partial charge is 0.478 e. The second kappa shape index (κ2) is 7.93. The first kappa shape index (κ1) is 16.5. The summed E-state index contributed by atoms with van der Waals surface area (Å²) in [6.45, 7) is 4.84. The first-order valence-electron chi connectivity index (χ1n) is 8.98. The van der Waals surface area contributed by atoms with Gasteiger partial charge in [0.25, 0.3) is 0 Å². The van der Waals surface area contributed by atoms with E-state index in [2.05, 4.69) is 10.2 Å². The Kier molecular flexibility index (Phi) is 5.68. The number of hydrogen-bond donors (Lipinski definition) is 2. The Morgan fingerprint density at radius 1 is 1.13 bits per heavy atom. The van der Waals surface area contributed by atoms with Gasteiger partial charge in [0.05, 0.1) is 5.56 Å². The molecule has 1 aliphatic heterocycles. The fourth-order valence-corrected chi connectivity index (χ4v) is 3.36. The summed E-state index contributed by atoms with van der Waals surface area (Å²) in [6.07, 6.45) is 7.60. The van der Waals surface area contributed by atoms with Crippen LogP contribution >= 0.6 is 0 Å². The molecule has 4 nitrogen and oxygen atoms in total. The fourth-order valence-electron chi connectivity index (χ4n) is 3.36. The molecule has 4 heteroatoms. The van der Waals surface area contributed by atoms with Gasteiger partial charge in [-0.15, -0.1) is 0 Å². The number of carbonyl (C=O) groups is 1. The summed E-state index contributed by atoms with van der Waals surface area (Å²) in [4.78, 5) is 13.4. The predicted octanol–water partition coefficient (Wildman–Crippen LogP) is 2.78. The Hall–Kier alpha value is -1.39. The van der Waals surface area contributed by atoms with Crippen LogP contribution in [0.25, 0.3) is 0 Å². The molecule has 0 amide bonds. The maximum absolute atomic E-state index is 10.8. The van der Waals surface area contributed by atoms with Crippen LogP contribution in [0, 0.1) is 5.92 Å². The molecule has 0 aromatic heterocycles. The highest BCUT2D eigenvalue weighted by molar-refractivity contribution is 5.87. The molecule has 3 rings (SSSR count). The van der Waals surface area contributed by atoms with Gasteiger partial charge in [0, 0.05) is 6.04 Å². The Morgan fingerprint density at radius 3 is 2.43 bits per heavy atom. The molecule has 23 heavy (non-hydrogen) atoms. The zero-order valence-corrected chi connectivity index (χ0v) is 13.8. The zero-order chi connectivity index (χ0) is 16.1. The van der Waals surface area contributed by atoms with E-state index in [4.69, 9.17) is 5.11 Å². The molecule has 0 radical (unpaired) electrons. The number of nitrogens with one attached hydrogen (secondary N) is 1. The average Bonchev–Trinajstić information content (AvgIpc) is 3.39. The molecule has 2 aliphatic rings. The monoisotopic (exact) mass is 316 g/mol. The van der Waals surface area contributed by atoms with Crippen molar-refractivity contribution < 1.29 is 9.90 Å². The second-order valence-corrected chi connectivity index (χ2v) is 7.07. The standard InChI is InChI=1S/C19H28N2O2/c22-19(23)17-5-3-15(4-6-17)2-1-11-21-12-9-16(10-13-21)14-20-18-7-8-18/h3-6,16,18,20H,1-2,7-14H2,(H,22,23). The third-order valence-electron chi connectivity index (χ3n) is 5.12. The number of carboxylic acid groups (broad SMARTS) is 1. The molecule has 126 valence electrons. The molecule has 1 heterocycles. The van der Waals surface area contributed by atoms with Gasteiger partial charge >= 0.3 is 5.97 Å². The highest BCUT2D eigenvalue weighted by Crippen LogP contribution is 2.22. The van der Waals surface area contributed by atoms with Crippen LogP contribution in [-0.4, -0.2) is 48.2 Å². The van der Waals surface area contributed by atoms with Crippen molar-refractivity contribution >= 4 is 5.97 Å². The molecular weight excluding hydrogens is 288 g/mol. The number of aromatic carboxylic acids is 1. The first-order chi connectivity index (χ1) is 11.2. The summed E-state index contributed by atoms with van der Waals surface area (Å²) in [7, 11) is 0. The third kappa shape index (κ3) is 5.33. The number of likely N-dealkylation sites (tertiary alicyclic amines) is 1. The molecule has 1 saturated carbocycles. The van der Waals surface area contributed by atoms with Crippen LogP contribution in [-0.2, 0) is 6.42 Å². The molecule has 1 aromatic rings. The highest BCUT2D eigenvalue weighted by atomic mass is 16.4. The quantitative estimate of drug-likeness (QED) is 0.774. The van der Waals surface area contributed by atoms with Gasteiger partial charge in [-0.3, -0.25) is 0 Å². The van der Waals surface area contributed by atoms with E-state index in [1.165, 1.54) is 50.9 Å². The van der Waals surface area contributed by atoms with Crippen molar-refractivity contribution in [3.63, 3.8) is 0 Å². The Bertz CT molecular complexity index is 503. The number of aryl methyl sites for hydroxylation is 1. The number of hydrogen-bond acceptors (Lipinski definition) is 3. The lowest BCUT2D eigenvalue weighted by Gasteiger charge is -2.32. The van der Waals surface area contributed by atoms with Gasteiger partial charge in [-0.05, 0) is 88.3 Å². The van der Waals surface area contributed by atoms with Crippen LogP contribution in [0.3, 0.4) is 0 Å². The van der Waals surface area contributed by atoms with Crippen molar-refractivity contribution in [3.8, 4) is 0 Å². The van der Waals surface area contributed by atoms with Crippen molar-refractivity contribution in [1.82, 2.24) is 10.2 Å². The molecule has 0 bridgehead atoms. The van der Waals surface area contributed by atoms with E-state index in [0.29, 0.717) is 5.56 Å². The minimum absolute atomic E-state index is 0.371. The van der Waals surface area contributed by atoms with E-state index in [1.807, 2.05) is 12.1 Å². The van der Waals surface area contributed by atoms with Crippen LogP contribution < -0.4 is 5.32 Å². The summed E-state index contributed by atoms with van der Waals surface area (Å²) < 4.78 is 0. The van der Waals surface area contributed by atoms with Crippen molar-refractivity contribution in [1.29, 1.82) is 0 Å². The van der Waals surface area contributed by atoms with E-state index < -0.39 is 5.97 Å². The molecule has 1 saturated heterocycles. The Morgan fingerprint density at radius 2 is 1.83 bits per heavy atom. The molecule has 0 unspecified atom stereocenters. The number of carboxylic acids is 1. The minimum atomic E-state index is -0.851. The lowest BCUT2D eigenvalue weighted by molar-refractivity contribution is 0.0697. The van der Waals surface area contributed by atoms with E-state index in [9.17, 15) is 4.79 Å². The molecule has 0 atom stereocenters. The summed E-state index contributed by atoms with van der Waals surface area (Å²) in [5, 5.41) is 12.6. The maximum Gasteiger partial charge on any atom is 0.335 e. The lowest BCUT2D eigenvalue weighted by Crippen LogP contribution is -2.38. The molecule has 2 fully saturated rings. The smallest absolute Gasteiger partial charge is 0.335 e. The van der Waals surface area contributed by atoms with Crippen LogP contribution in [0.4, 0.5) is 0 Å². The number of nitrogens with zero attached hydrogens (tertiary/aromatic N) is 1. The summed E-state index contributed by atoms with van der Waals surface area (Å²) in [6, 6.07) is 8.13. The van der Waals surface area contributed by atoms with Crippen molar-refractivity contribution in [2.45, 2.75) is 44.6 Å². The average molecular weight is 316 g/mol. The fraction of sp³-hybridized carbons (Fsp3) is 0.632. The number of benzene rings is 1. The van der Waals surface area contributed by atoms with E-state index in [1.54, 1.807) is 12.1 Å². The second-order valence-electron chi connectivity index (χ2n) is 7.07. The van der Waals surface area contributed by atoms with Gasteiger partial charge in [0.1, 0.15) is 0 Å². The molecular formula is C19H28N2O2. The lowest BCUT2D eigenvalue weighted by atomic mass is 9.96. The van der Waals surface area contributed by atoms with Gasteiger partial charge in [-0.25, -0.2) is 4.79 Å². The summed E-state index contributed by atoms with van der Waals surface area (Å²) in [5.74, 6) is 0.0195. The van der Waals surface area contributed by atoms with Gasteiger partial charge in [0.15, 0.2) is 0 Å². The van der Waals surface area contributed by atoms with E-state index >= 15 is 0 Å². The SMILES string of the molecule is O=C(O)c1ccc(CCCN2CCC(CNC3CC3)CC2)cc1. The number of piperidine rings is 1. The van der Waals surface area contributed by atoms with Gasteiger partial charge in [-0.2, -0.15) is 0 Å². The Balaban J connectivity index is 1.31. The topological polar surface area (TPSA) is 52.6 Å². The van der Waals surface area contributed by atoms with Gasteiger partial charge < -0.3 is 15.3 Å². The van der Waals surface area contributed by atoms with E-state index in [-0.39, 0.29) is 0 Å². The van der Waals surface area contributed by atoms with Crippen LogP contribution in [0.2, 0.25) is 0 Å². The van der Waals surface area contributed by atoms with Crippen molar-refractivity contribution in [2.75, 3.05) is 26.2 Å². The molecule has 0 spiro atoms. The molecule has 1 aliphatic carbocycles. The zero-order valence-electron chi connectivity index (χ0n) is 13.8. The molecule has 2 N–H and O–H groups in total. The Labute approximate surface area is 138 Å². The predicted molar refractivity (Wildman–Crippen MR) is 91.9 cm³/mol. The van der Waals surface area contributed by atoms with Gasteiger partial charge in [-0.1, -0.05) is 12.1 Å².